The Balaban J connectivity index is 1.98. The van der Waals surface area contributed by atoms with Gasteiger partial charge in [-0.15, -0.1) is 0 Å². The lowest BCUT2D eigenvalue weighted by atomic mass is 10.1. The Hall–Kier alpha value is -2.36. The van der Waals surface area contributed by atoms with Gasteiger partial charge in [0, 0.05) is 16.8 Å². The molecule has 7 nitrogen and oxygen atoms in total. The van der Waals surface area contributed by atoms with Crippen LogP contribution in [0.1, 0.15) is 38.8 Å². The van der Waals surface area contributed by atoms with Gasteiger partial charge in [-0.2, -0.15) is 0 Å². The van der Waals surface area contributed by atoms with Crippen molar-refractivity contribution < 1.29 is 13.2 Å². The lowest BCUT2D eigenvalue weighted by molar-refractivity contribution is -0.117. The summed E-state index contributed by atoms with van der Waals surface area (Å²) in [4.78, 5) is 25.4. The average molecular weight is 496 g/mol. The second kappa shape index (κ2) is 9.25. The topological polar surface area (TPSA) is 88.5 Å². The van der Waals surface area contributed by atoms with Crippen molar-refractivity contribution in [2.24, 2.45) is 0 Å². The Labute approximate surface area is 196 Å². The number of hydrogen-bond donors (Lipinski definition) is 1. The number of sulfonamides is 1. The Bertz CT molecular complexity index is 1330. The first kappa shape index (κ1) is 24.3. The van der Waals surface area contributed by atoms with Gasteiger partial charge < -0.3 is 5.32 Å². The predicted molar refractivity (Wildman–Crippen MR) is 133 cm³/mol. The second-order valence-corrected chi connectivity index (χ2v) is 11.2. The standard InChI is InChI=1S/C22H26ClN3O4S2/c1-6-17(26(32(5,29)30)19-11-15(23)8-7-14(19)4)21(27)24-16-9-10-18-20(12-16)31-22(28)25(18)13(2)3/h7-13,17H,6H2,1-5H3,(H,24,27). The summed E-state index contributed by atoms with van der Waals surface area (Å²) >= 11 is 7.22. The van der Waals surface area contributed by atoms with Crippen LogP contribution in [0.2, 0.25) is 5.02 Å². The summed E-state index contributed by atoms with van der Waals surface area (Å²) in [5.41, 5.74) is 2.35. The van der Waals surface area contributed by atoms with Gasteiger partial charge in [0.2, 0.25) is 15.9 Å². The average Bonchev–Trinajstić information content (AvgIpc) is 3.02. The summed E-state index contributed by atoms with van der Waals surface area (Å²) in [6, 6.07) is 9.22. The highest BCUT2D eigenvalue weighted by Gasteiger charge is 2.32. The van der Waals surface area contributed by atoms with Crippen LogP contribution in [0, 0.1) is 6.92 Å². The van der Waals surface area contributed by atoms with Crippen molar-refractivity contribution in [1.29, 1.82) is 0 Å². The number of hydrogen-bond acceptors (Lipinski definition) is 5. The lowest BCUT2D eigenvalue weighted by Crippen LogP contribution is -2.47. The maximum Gasteiger partial charge on any atom is 0.308 e. The van der Waals surface area contributed by atoms with Crippen LogP contribution in [-0.4, -0.2) is 31.2 Å². The third-order valence-electron chi connectivity index (χ3n) is 5.14. The van der Waals surface area contributed by atoms with Gasteiger partial charge in [-0.25, -0.2) is 8.42 Å². The van der Waals surface area contributed by atoms with Crippen molar-refractivity contribution >= 4 is 60.5 Å². The number of thiazole rings is 1. The molecule has 0 aliphatic heterocycles. The molecular weight excluding hydrogens is 470 g/mol. The summed E-state index contributed by atoms with van der Waals surface area (Å²) in [6.07, 6.45) is 1.32. The van der Waals surface area contributed by atoms with Crippen molar-refractivity contribution in [2.45, 2.75) is 46.2 Å². The largest absolute Gasteiger partial charge is 0.324 e. The third kappa shape index (κ3) is 4.84. The maximum atomic E-state index is 13.2. The monoisotopic (exact) mass is 495 g/mol. The Morgan fingerprint density at radius 3 is 2.50 bits per heavy atom. The number of anilines is 2. The molecule has 1 N–H and O–H groups in total. The zero-order valence-electron chi connectivity index (χ0n) is 18.5. The van der Waals surface area contributed by atoms with Crippen LogP contribution < -0.4 is 14.5 Å². The first-order valence-electron chi connectivity index (χ1n) is 10.2. The number of nitrogens with one attached hydrogen (secondary N) is 1. The SMILES string of the molecule is CCC(C(=O)Nc1ccc2c(c1)sc(=O)n2C(C)C)N(c1cc(Cl)ccc1C)S(C)(=O)=O. The summed E-state index contributed by atoms with van der Waals surface area (Å²) in [7, 11) is -3.78. The Morgan fingerprint density at radius 2 is 1.91 bits per heavy atom. The quantitative estimate of drug-likeness (QED) is 0.510. The highest BCUT2D eigenvalue weighted by Crippen LogP contribution is 2.30. The maximum absolute atomic E-state index is 13.2. The van der Waals surface area contributed by atoms with Crippen molar-refractivity contribution in [3.63, 3.8) is 0 Å². The van der Waals surface area contributed by atoms with Crippen LogP contribution in [0.25, 0.3) is 10.2 Å². The van der Waals surface area contributed by atoms with E-state index in [9.17, 15) is 18.0 Å². The number of aromatic nitrogens is 1. The molecule has 0 aliphatic carbocycles. The molecule has 32 heavy (non-hydrogen) atoms. The van der Waals surface area contributed by atoms with E-state index in [1.807, 2.05) is 13.8 Å². The summed E-state index contributed by atoms with van der Waals surface area (Å²) in [6.45, 7) is 7.39. The molecule has 172 valence electrons. The van der Waals surface area contributed by atoms with Gasteiger partial charge in [-0.3, -0.25) is 18.5 Å². The smallest absolute Gasteiger partial charge is 0.308 e. The van der Waals surface area contributed by atoms with E-state index < -0.39 is 22.0 Å². The highest BCUT2D eigenvalue weighted by molar-refractivity contribution is 7.92. The summed E-state index contributed by atoms with van der Waals surface area (Å²) in [5, 5.41) is 3.20. The Morgan fingerprint density at radius 1 is 1.22 bits per heavy atom. The fourth-order valence-electron chi connectivity index (χ4n) is 3.68. The molecular formula is C22H26ClN3O4S2. The number of aryl methyl sites for hydroxylation is 1. The molecule has 0 aliphatic rings. The van der Waals surface area contributed by atoms with Gasteiger partial charge in [0.15, 0.2) is 0 Å². The molecule has 10 heteroatoms. The first-order valence-corrected chi connectivity index (χ1v) is 13.2. The van der Waals surface area contributed by atoms with Crippen LogP contribution in [0.3, 0.4) is 0 Å². The zero-order chi connectivity index (χ0) is 23.8. The molecule has 2 aromatic carbocycles. The van der Waals surface area contributed by atoms with Crippen molar-refractivity contribution in [3.8, 4) is 0 Å². The van der Waals surface area contributed by atoms with Crippen LogP contribution >= 0.6 is 22.9 Å². The molecule has 1 aromatic heterocycles. The number of carbonyl (C=O) groups excluding carboxylic acids is 1. The molecule has 0 saturated carbocycles. The number of nitrogens with zero attached hydrogens (tertiary/aromatic N) is 2. The van der Waals surface area contributed by atoms with Crippen LogP contribution in [0.15, 0.2) is 41.2 Å². The predicted octanol–water partition coefficient (Wildman–Crippen LogP) is 4.79. The molecule has 0 fully saturated rings. The lowest BCUT2D eigenvalue weighted by Gasteiger charge is -2.31. The van der Waals surface area contributed by atoms with E-state index >= 15 is 0 Å². The van der Waals surface area contributed by atoms with Crippen molar-refractivity contribution in [2.75, 3.05) is 15.9 Å². The van der Waals surface area contributed by atoms with Crippen LogP contribution in [0.5, 0.6) is 0 Å². The highest BCUT2D eigenvalue weighted by atomic mass is 35.5. The molecule has 1 amide bonds. The number of fused-ring (bicyclic) bond motifs is 1. The summed E-state index contributed by atoms with van der Waals surface area (Å²) in [5.74, 6) is -0.465. The first-order chi connectivity index (χ1) is 14.9. The number of rotatable bonds is 7. The molecule has 0 saturated heterocycles. The number of halogens is 1. The van der Waals surface area contributed by atoms with E-state index in [1.165, 1.54) is 0 Å². The second-order valence-electron chi connectivity index (χ2n) is 7.92. The van der Waals surface area contributed by atoms with E-state index in [2.05, 4.69) is 5.32 Å². The molecule has 1 unspecified atom stereocenters. The van der Waals surface area contributed by atoms with Gasteiger partial charge in [0.1, 0.15) is 6.04 Å². The fraction of sp³-hybridized carbons (Fsp3) is 0.364. The van der Waals surface area contributed by atoms with E-state index in [0.717, 1.165) is 32.1 Å². The van der Waals surface area contributed by atoms with E-state index in [4.69, 9.17) is 11.6 Å². The third-order valence-corrected chi connectivity index (χ3v) is 7.45. The molecule has 3 aromatic rings. The molecule has 1 atom stereocenters. The normalized spacial score (nSPS) is 12.8. The molecule has 0 bridgehead atoms. The minimum atomic E-state index is -3.78. The fourth-order valence-corrected chi connectivity index (χ4v) is 6.16. The van der Waals surface area contributed by atoms with Gasteiger partial charge >= 0.3 is 4.87 Å². The number of carbonyl (C=O) groups is 1. The van der Waals surface area contributed by atoms with Crippen LogP contribution in [0.4, 0.5) is 11.4 Å². The number of amides is 1. The van der Waals surface area contributed by atoms with Gasteiger partial charge in [0.05, 0.1) is 22.2 Å². The van der Waals surface area contributed by atoms with Crippen molar-refractivity contribution in [1.82, 2.24) is 4.57 Å². The zero-order valence-corrected chi connectivity index (χ0v) is 20.9. The molecule has 1 heterocycles. The van der Waals surface area contributed by atoms with E-state index in [0.29, 0.717) is 22.0 Å². The van der Waals surface area contributed by atoms with E-state index in [1.54, 1.807) is 54.8 Å². The minimum absolute atomic E-state index is 0.0189. The summed E-state index contributed by atoms with van der Waals surface area (Å²) < 4.78 is 29.0. The van der Waals surface area contributed by atoms with Gasteiger partial charge in [0.25, 0.3) is 0 Å². The molecule has 3 rings (SSSR count). The van der Waals surface area contributed by atoms with Gasteiger partial charge in [-0.05, 0) is 63.1 Å². The van der Waals surface area contributed by atoms with E-state index in [-0.39, 0.29) is 17.3 Å². The van der Waals surface area contributed by atoms with Gasteiger partial charge in [-0.1, -0.05) is 35.9 Å². The molecule has 0 radical (unpaired) electrons. The van der Waals surface area contributed by atoms with Crippen molar-refractivity contribution in [3.05, 3.63) is 56.7 Å². The minimum Gasteiger partial charge on any atom is -0.324 e. The van der Waals surface area contributed by atoms with Crippen LogP contribution in [-0.2, 0) is 14.8 Å². The Kier molecular flexibility index (Phi) is 7.02. The number of benzene rings is 2. The molecule has 0 spiro atoms.